The standard InChI is InChI=1S/C15H21N3O3/c1-21-9-11(8-19)18-15(20)13(16)6-10-7-17-14-5-3-2-4-12(10)14/h2-5,7,11,13,17,19H,6,8-9,16H2,1H3,(H,18,20). The number of carbonyl (C=O) groups excluding carboxylic acids is 1. The Bertz CT molecular complexity index is 597. The molecule has 0 spiro atoms. The van der Waals surface area contributed by atoms with Crippen molar-refractivity contribution >= 4 is 16.8 Å². The number of carbonyl (C=O) groups is 1. The lowest BCUT2D eigenvalue weighted by Crippen LogP contribution is -2.49. The number of nitrogens with two attached hydrogens (primary N) is 1. The minimum atomic E-state index is -0.671. The van der Waals surface area contributed by atoms with Gasteiger partial charge in [0.2, 0.25) is 5.91 Å². The Balaban J connectivity index is 2.00. The molecular weight excluding hydrogens is 270 g/mol. The van der Waals surface area contributed by atoms with E-state index in [9.17, 15) is 4.79 Å². The second-order valence-corrected chi connectivity index (χ2v) is 5.01. The fourth-order valence-electron chi connectivity index (χ4n) is 2.28. The number of H-pyrrole nitrogens is 1. The molecule has 0 aliphatic rings. The average molecular weight is 291 g/mol. The van der Waals surface area contributed by atoms with Crippen LogP contribution in [0.4, 0.5) is 0 Å². The number of para-hydroxylation sites is 1. The molecule has 6 nitrogen and oxygen atoms in total. The molecule has 1 amide bonds. The van der Waals surface area contributed by atoms with Gasteiger partial charge in [-0.1, -0.05) is 18.2 Å². The first-order valence-corrected chi connectivity index (χ1v) is 6.86. The van der Waals surface area contributed by atoms with Crippen LogP contribution in [0.2, 0.25) is 0 Å². The van der Waals surface area contributed by atoms with Gasteiger partial charge in [0.1, 0.15) is 0 Å². The van der Waals surface area contributed by atoms with E-state index in [-0.39, 0.29) is 19.1 Å². The molecule has 2 unspecified atom stereocenters. The number of benzene rings is 1. The number of aliphatic hydroxyl groups is 1. The molecular formula is C15H21N3O3. The molecule has 0 fully saturated rings. The van der Waals surface area contributed by atoms with Crippen molar-refractivity contribution in [1.82, 2.24) is 10.3 Å². The van der Waals surface area contributed by atoms with Crippen LogP contribution in [-0.2, 0) is 16.0 Å². The highest BCUT2D eigenvalue weighted by atomic mass is 16.5. The molecule has 0 aliphatic carbocycles. The lowest BCUT2D eigenvalue weighted by Gasteiger charge is -2.18. The van der Waals surface area contributed by atoms with Crippen LogP contribution in [0, 0.1) is 0 Å². The quantitative estimate of drug-likeness (QED) is 0.584. The highest BCUT2D eigenvalue weighted by molar-refractivity contribution is 5.86. The molecule has 2 aromatic rings. The first kappa shape index (κ1) is 15.5. The lowest BCUT2D eigenvalue weighted by atomic mass is 10.0. The van der Waals surface area contributed by atoms with E-state index in [2.05, 4.69) is 10.3 Å². The molecule has 5 N–H and O–H groups in total. The van der Waals surface area contributed by atoms with Crippen molar-refractivity contribution in [3.05, 3.63) is 36.0 Å². The molecule has 6 heteroatoms. The van der Waals surface area contributed by atoms with Gasteiger partial charge in [-0.05, 0) is 18.1 Å². The zero-order valence-corrected chi connectivity index (χ0v) is 12.0. The van der Waals surface area contributed by atoms with Crippen LogP contribution in [0.3, 0.4) is 0 Å². The van der Waals surface area contributed by atoms with E-state index in [0.717, 1.165) is 16.5 Å². The van der Waals surface area contributed by atoms with E-state index >= 15 is 0 Å². The zero-order valence-electron chi connectivity index (χ0n) is 12.0. The third kappa shape index (κ3) is 3.81. The molecule has 0 saturated carbocycles. The van der Waals surface area contributed by atoms with Crippen molar-refractivity contribution in [2.45, 2.75) is 18.5 Å². The summed E-state index contributed by atoms with van der Waals surface area (Å²) in [6, 6.07) is 6.77. The van der Waals surface area contributed by atoms with Gasteiger partial charge in [0, 0.05) is 24.2 Å². The van der Waals surface area contributed by atoms with Gasteiger partial charge in [-0.3, -0.25) is 4.79 Å². The molecule has 2 rings (SSSR count). The van der Waals surface area contributed by atoms with Crippen LogP contribution in [0.5, 0.6) is 0 Å². The number of amides is 1. The number of ether oxygens (including phenoxy) is 1. The number of rotatable bonds is 7. The lowest BCUT2D eigenvalue weighted by molar-refractivity contribution is -0.123. The van der Waals surface area contributed by atoms with Gasteiger partial charge in [0.15, 0.2) is 0 Å². The number of aromatic amines is 1. The Kier molecular flexibility index (Phi) is 5.32. The van der Waals surface area contributed by atoms with E-state index in [1.54, 1.807) is 0 Å². The van der Waals surface area contributed by atoms with Crippen molar-refractivity contribution < 1.29 is 14.6 Å². The van der Waals surface area contributed by atoms with Crippen molar-refractivity contribution in [3.63, 3.8) is 0 Å². The second-order valence-electron chi connectivity index (χ2n) is 5.01. The Morgan fingerprint density at radius 3 is 2.95 bits per heavy atom. The Morgan fingerprint density at radius 1 is 1.48 bits per heavy atom. The molecule has 0 radical (unpaired) electrons. The number of aromatic nitrogens is 1. The topological polar surface area (TPSA) is 100 Å². The molecule has 2 atom stereocenters. The smallest absolute Gasteiger partial charge is 0.237 e. The molecule has 1 heterocycles. The molecule has 0 aliphatic heterocycles. The molecule has 1 aromatic carbocycles. The summed E-state index contributed by atoms with van der Waals surface area (Å²) in [6.07, 6.45) is 2.30. The minimum absolute atomic E-state index is 0.181. The van der Waals surface area contributed by atoms with Crippen LogP contribution in [0.1, 0.15) is 5.56 Å². The number of hydrogen-bond acceptors (Lipinski definition) is 4. The van der Waals surface area contributed by atoms with Crippen molar-refractivity contribution in [1.29, 1.82) is 0 Å². The monoisotopic (exact) mass is 291 g/mol. The highest BCUT2D eigenvalue weighted by Crippen LogP contribution is 2.18. The number of nitrogens with one attached hydrogen (secondary N) is 2. The molecule has 1 aromatic heterocycles. The largest absolute Gasteiger partial charge is 0.394 e. The summed E-state index contributed by atoms with van der Waals surface area (Å²) in [5, 5.41) is 12.9. The van der Waals surface area contributed by atoms with E-state index in [0.29, 0.717) is 6.42 Å². The summed E-state index contributed by atoms with van der Waals surface area (Å²) in [4.78, 5) is 15.2. The maximum absolute atomic E-state index is 12.0. The van der Waals surface area contributed by atoms with Gasteiger partial charge in [0.25, 0.3) is 0 Å². The first-order valence-electron chi connectivity index (χ1n) is 6.86. The molecule has 114 valence electrons. The Morgan fingerprint density at radius 2 is 2.24 bits per heavy atom. The summed E-state index contributed by atoms with van der Waals surface area (Å²) in [7, 11) is 1.51. The summed E-state index contributed by atoms with van der Waals surface area (Å²) >= 11 is 0. The van der Waals surface area contributed by atoms with Crippen molar-refractivity contribution in [2.24, 2.45) is 5.73 Å². The van der Waals surface area contributed by atoms with Crippen molar-refractivity contribution in [2.75, 3.05) is 20.3 Å². The summed E-state index contributed by atoms with van der Waals surface area (Å²) in [5.41, 5.74) is 7.97. The number of fused-ring (bicyclic) bond motifs is 1. The average Bonchev–Trinajstić information content (AvgIpc) is 2.90. The Hall–Kier alpha value is -1.89. The predicted molar refractivity (Wildman–Crippen MR) is 80.9 cm³/mol. The minimum Gasteiger partial charge on any atom is -0.394 e. The fourth-order valence-corrected chi connectivity index (χ4v) is 2.28. The van der Waals surface area contributed by atoms with Crippen LogP contribution in [0.25, 0.3) is 10.9 Å². The summed E-state index contributed by atoms with van der Waals surface area (Å²) < 4.78 is 4.92. The summed E-state index contributed by atoms with van der Waals surface area (Å²) in [5.74, 6) is -0.295. The Labute approximate surface area is 123 Å². The molecule has 0 saturated heterocycles. The third-order valence-electron chi connectivity index (χ3n) is 3.39. The maximum Gasteiger partial charge on any atom is 0.237 e. The first-order chi connectivity index (χ1) is 10.2. The number of methoxy groups -OCH3 is 1. The van der Waals surface area contributed by atoms with E-state index < -0.39 is 12.1 Å². The predicted octanol–water partition coefficient (Wildman–Crippen LogP) is 0.161. The van der Waals surface area contributed by atoms with Gasteiger partial charge in [0.05, 0.1) is 25.3 Å². The number of hydrogen-bond donors (Lipinski definition) is 4. The fraction of sp³-hybridized carbons (Fsp3) is 0.400. The molecule has 0 bridgehead atoms. The normalized spacial score (nSPS) is 14.0. The second kappa shape index (κ2) is 7.21. The van der Waals surface area contributed by atoms with Gasteiger partial charge < -0.3 is 25.9 Å². The van der Waals surface area contributed by atoms with Crippen LogP contribution in [-0.4, -0.2) is 48.4 Å². The van der Waals surface area contributed by atoms with E-state index in [1.165, 1.54) is 7.11 Å². The van der Waals surface area contributed by atoms with Gasteiger partial charge in [-0.25, -0.2) is 0 Å². The molecule has 21 heavy (non-hydrogen) atoms. The van der Waals surface area contributed by atoms with Crippen LogP contribution >= 0.6 is 0 Å². The van der Waals surface area contributed by atoms with Gasteiger partial charge in [-0.2, -0.15) is 0 Å². The van der Waals surface area contributed by atoms with E-state index in [4.69, 9.17) is 15.6 Å². The van der Waals surface area contributed by atoms with Crippen LogP contribution in [0.15, 0.2) is 30.5 Å². The van der Waals surface area contributed by atoms with Crippen molar-refractivity contribution in [3.8, 4) is 0 Å². The SMILES string of the molecule is COCC(CO)NC(=O)C(N)Cc1c[nH]c2ccccc12. The van der Waals surface area contributed by atoms with Crippen LogP contribution < -0.4 is 11.1 Å². The van der Waals surface area contributed by atoms with Gasteiger partial charge >= 0.3 is 0 Å². The zero-order chi connectivity index (χ0) is 15.2. The summed E-state index contributed by atoms with van der Waals surface area (Å²) in [6.45, 7) is 0.0709. The third-order valence-corrected chi connectivity index (χ3v) is 3.39. The van der Waals surface area contributed by atoms with E-state index in [1.807, 2.05) is 30.5 Å². The van der Waals surface area contributed by atoms with Gasteiger partial charge in [-0.15, -0.1) is 0 Å². The maximum atomic E-state index is 12.0. The highest BCUT2D eigenvalue weighted by Gasteiger charge is 2.19. The number of aliphatic hydroxyl groups excluding tert-OH is 1.